The van der Waals surface area contributed by atoms with Crippen molar-refractivity contribution in [3.8, 4) is 0 Å². The molecule has 0 bridgehead atoms. The van der Waals surface area contributed by atoms with Gasteiger partial charge in [0, 0.05) is 44.3 Å². The van der Waals surface area contributed by atoms with Gasteiger partial charge in [-0.1, -0.05) is 13.8 Å². The lowest BCUT2D eigenvalue weighted by atomic mass is 9.52. The Hall–Kier alpha value is -0.740. The topological polar surface area (TPSA) is 57.6 Å². The predicted octanol–water partition coefficient (Wildman–Crippen LogP) is 4.09. The van der Waals surface area contributed by atoms with Gasteiger partial charge in [-0.3, -0.25) is 14.5 Å². The lowest BCUT2D eigenvalue weighted by molar-refractivity contribution is -0.175. The molecule has 4 saturated carbocycles. The highest BCUT2D eigenvalue weighted by Crippen LogP contribution is 2.66. The van der Waals surface area contributed by atoms with Crippen molar-refractivity contribution in [1.82, 2.24) is 4.90 Å². The third-order valence-corrected chi connectivity index (χ3v) is 11.7. The molecular formula is C27H41NO3. The van der Waals surface area contributed by atoms with Crippen LogP contribution >= 0.6 is 0 Å². The number of carbonyl (C=O) groups is 2. The van der Waals surface area contributed by atoms with Crippen molar-refractivity contribution >= 4 is 11.6 Å². The number of hydrogen-bond acceptors (Lipinski definition) is 4. The Morgan fingerprint density at radius 1 is 0.903 bits per heavy atom. The fourth-order valence-corrected chi connectivity index (χ4v) is 10.2. The standard InChI is InChI=1S/C27H41NO3/c1-15-4-7-25-27(3,31)21-6-5-17-18(20(21)14-28(25)13-15)11-22-19(17)12-24(30)23-10-16(29)8-9-26(22,23)2/h15,17-23,25,31H,4-14H2,1-3H3. The number of fused-ring (bicyclic) bond motifs is 8. The molecule has 2 aliphatic heterocycles. The van der Waals surface area contributed by atoms with E-state index in [4.69, 9.17) is 0 Å². The van der Waals surface area contributed by atoms with Crippen molar-refractivity contribution in [2.24, 2.45) is 52.8 Å². The van der Waals surface area contributed by atoms with Gasteiger partial charge in [-0.15, -0.1) is 0 Å². The number of nitrogens with zero attached hydrogens (tertiary/aromatic N) is 1. The van der Waals surface area contributed by atoms with Gasteiger partial charge in [-0.05, 0) is 92.3 Å². The fraction of sp³-hybridized carbons (Fsp3) is 0.926. The summed E-state index contributed by atoms with van der Waals surface area (Å²) in [4.78, 5) is 28.0. The Bertz CT molecular complexity index is 791. The van der Waals surface area contributed by atoms with E-state index in [1.54, 1.807) is 0 Å². The van der Waals surface area contributed by atoms with Crippen LogP contribution < -0.4 is 0 Å². The van der Waals surface area contributed by atoms with E-state index in [0.29, 0.717) is 66.0 Å². The maximum Gasteiger partial charge on any atom is 0.137 e. The largest absolute Gasteiger partial charge is 0.388 e. The molecule has 0 spiro atoms. The van der Waals surface area contributed by atoms with Crippen LogP contribution in [-0.2, 0) is 9.59 Å². The third kappa shape index (κ3) is 2.86. The highest BCUT2D eigenvalue weighted by molar-refractivity contribution is 5.90. The summed E-state index contributed by atoms with van der Waals surface area (Å²) < 4.78 is 0. The van der Waals surface area contributed by atoms with Crippen LogP contribution in [0.2, 0.25) is 0 Å². The minimum atomic E-state index is -0.582. The molecule has 31 heavy (non-hydrogen) atoms. The summed E-state index contributed by atoms with van der Waals surface area (Å²) in [6.45, 7) is 9.15. The summed E-state index contributed by atoms with van der Waals surface area (Å²) >= 11 is 0. The quantitative estimate of drug-likeness (QED) is 0.632. The van der Waals surface area contributed by atoms with Crippen LogP contribution in [0.25, 0.3) is 0 Å². The minimum absolute atomic E-state index is 0.0206. The van der Waals surface area contributed by atoms with E-state index < -0.39 is 5.60 Å². The molecule has 6 fully saturated rings. The van der Waals surface area contributed by atoms with E-state index in [0.717, 1.165) is 44.7 Å². The summed E-state index contributed by atoms with van der Waals surface area (Å²) in [5.74, 6) is 4.81. The molecule has 2 saturated heterocycles. The van der Waals surface area contributed by atoms with E-state index in [1.165, 1.54) is 19.3 Å². The van der Waals surface area contributed by atoms with Crippen molar-refractivity contribution < 1.29 is 14.7 Å². The molecule has 11 atom stereocenters. The number of ketones is 2. The molecule has 4 aliphatic carbocycles. The van der Waals surface area contributed by atoms with E-state index in [9.17, 15) is 14.7 Å². The highest BCUT2D eigenvalue weighted by atomic mass is 16.3. The first-order valence-corrected chi connectivity index (χ1v) is 13.2. The fourth-order valence-electron chi connectivity index (χ4n) is 10.2. The monoisotopic (exact) mass is 427 g/mol. The first-order chi connectivity index (χ1) is 14.7. The van der Waals surface area contributed by atoms with E-state index in [1.807, 2.05) is 0 Å². The van der Waals surface area contributed by atoms with Gasteiger partial charge in [-0.2, -0.15) is 0 Å². The second-order valence-electron chi connectivity index (χ2n) is 13.0. The predicted molar refractivity (Wildman–Crippen MR) is 119 cm³/mol. The number of hydrogen-bond donors (Lipinski definition) is 1. The van der Waals surface area contributed by atoms with E-state index in [-0.39, 0.29) is 11.3 Å². The summed E-state index contributed by atoms with van der Waals surface area (Å²) in [5, 5.41) is 11.8. The number of rotatable bonds is 0. The first-order valence-electron chi connectivity index (χ1n) is 13.2. The Morgan fingerprint density at radius 3 is 2.52 bits per heavy atom. The summed E-state index contributed by atoms with van der Waals surface area (Å²) in [6.07, 6.45) is 8.75. The second-order valence-corrected chi connectivity index (χ2v) is 13.0. The highest BCUT2D eigenvalue weighted by Gasteiger charge is 2.64. The first kappa shape index (κ1) is 20.8. The molecule has 0 aromatic carbocycles. The Balaban J connectivity index is 1.31. The molecular weight excluding hydrogens is 386 g/mol. The molecule has 0 amide bonds. The molecule has 6 aliphatic rings. The SMILES string of the molecule is CC1CCC2N(C1)CC1C3CC4C(CC(=O)C5CC(=O)CCC54C)C3CCC1C2(C)O. The zero-order valence-electron chi connectivity index (χ0n) is 19.7. The van der Waals surface area contributed by atoms with Crippen LogP contribution in [-0.4, -0.2) is 46.3 Å². The van der Waals surface area contributed by atoms with Gasteiger partial charge >= 0.3 is 0 Å². The summed E-state index contributed by atoms with van der Waals surface area (Å²) in [6, 6.07) is 0.331. The van der Waals surface area contributed by atoms with Crippen molar-refractivity contribution in [2.45, 2.75) is 90.2 Å². The van der Waals surface area contributed by atoms with Gasteiger partial charge in [0.1, 0.15) is 11.6 Å². The van der Waals surface area contributed by atoms with Crippen LogP contribution in [0.1, 0.15) is 78.6 Å². The molecule has 0 aromatic rings. The van der Waals surface area contributed by atoms with Gasteiger partial charge in [0.15, 0.2) is 0 Å². The average Bonchev–Trinajstić information content (AvgIpc) is 3.09. The Morgan fingerprint density at radius 2 is 1.71 bits per heavy atom. The molecule has 0 aromatic heterocycles. The van der Waals surface area contributed by atoms with Crippen molar-refractivity contribution in [3.05, 3.63) is 0 Å². The third-order valence-electron chi connectivity index (χ3n) is 11.7. The van der Waals surface area contributed by atoms with Crippen LogP contribution in [0.5, 0.6) is 0 Å². The Kier molecular flexibility index (Phi) is 4.63. The van der Waals surface area contributed by atoms with E-state index in [2.05, 4.69) is 25.7 Å². The normalized spacial score (nSPS) is 56.8. The zero-order valence-corrected chi connectivity index (χ0v) is 19.7. The van der Waals surface area contributed by atoms with Gasteiger partial charge in [0.25, 0.3) is 0 Å². The average molecular weight is 428 g/mol. The lowest BCUT2D eigenvalue weighted by Crippen LogP contribution is -2.67. The lowest BCUT2D eigenvalue weighted by Gasteiger charge is -2.59. The molecule has 6 rings (SSSR count). The van der Waals surface area contributed by atoms with E-state index >= 15 is 0 Å². The number of carbonyl (C=O) groups excluding carboxylic acids is 2. The molecule has 2 heterocycles. The summed E-state index contributed by atoms with van der Waals surface area (Å²) in [7, 11) is 0. The van der Waals surface area contributed by atoms with Gasteiger partial charge in [0.05, 0.1) is 5.60 Å². The second kappa shape index (κ2) is 6.88. The number of piperidine rings is 2. The van der Waals surface area contributed by atoms with Gasteiger partial charge in [0.2, 0.25) is 0 Å². The van der Waals surface area contributed by atoms with Gasteiger partial charge < -0.3 is 5.11 Å². The number of Topliss-reactive ketones (excluding diaryl/α,β-unsaturated/α-hetero) is 2. The minimum Gasteiger partial charge on any atom is -0.388 e. The molecule has 11 unspecified atom stereocenters. The molecule has 4 heteroatoms. The van der Waals surface area contributed by atoms with Crippen LogP contribution in [0, 0.1) is 52.8 Å². The number of aliphatic hydroxyl groups is 1. The summed E-state index contributed by atoms with van der Waals surface area (Å²) in [5.41, 5.74) is -0.554. The maximum absolute atomic E-state index is 13.2. The zero-order chi connectivity index (χ0) is 21.7. The van der Waals surface area contributed by atoms with Gasteiger partial charge in [-0.25, -0.2) is 0 Å². The molecule has 1 N–H and O–H groups in total. The molecule has 0 radical (unpaired) electrons. The molecule has 172 valence electrons. The van der Waals surface area contributed by atoms with Crippen LogP contribution in [0.3, 0.4) is 0 Å². The molecule has 4 nitrogen and oxygen atoms in total. The maximum atomic E-state index is 13.2. The smallest absolute Gasteiger partial charge is 0.137 e. The van der Waals surface area contributed by atoms with Crippen molar-refractivity contribution in [3.63, 3.8) is 0 Å². The van der Waals surface area contributed by atoms with Crippen LogP contribution in [0.4, 0.5) is 0 Å². The van der Waals surface area contributed by atoms with Crippen molar-refractivity contribution in [2.75, 3.05) is 13.1 Å². The van der Waals surface area contributed by atoms with Crippen molar-refractivity contribution in [1.29, 1.82) is 0 Å². The Labute approximate surface area is 187 Å². The van der Waals surface area contributed by atoms with Crippen LogP contribution in [0.15, 0.2) is 0 Å².